The van der Waals surface area contributed by atoms with Crippen LogP contribution in [0, 0.1) is 6.92 Å². The van der Waals surface area contributed by atoms with Gasteiger partial charge in [0.2, 0.25) is 0 Å². The Morgan fingerprint density at radius 1 is 1.24 bits per heavy atom. The minimum Gasteiger partial charge on any atom is -0.378 e. The fraction of sp³-hybridized carbons (Fsp3) is 0.600. The van der Waals surface area contributed by atoms with Gasteiger partial charge in [0.1, 0.15) is 16.9 Å². The molecule has 0 N–H and O–H groups in total. The Morgan fingerprint density at radius 3 is 2.62 bits per heavy atom. The lowest BCUT2D eigenvalue weighted by Gasteiger charge is -2.29. The predicted molar refractivity (Wildman–Crippen MR) is 80.8 cm³/mol. The van der Waals surface area contributed by atoms with Gasteiger partial charge in [0.15, 0.2) is 5.82 Å². The molecule has 21 heavy (non-hydrogen) atoms. The van der Waals surface area contributed by atoms with Crippen molar-refractivity contribution in [2.45, 2.75) is 26.4 Å². The molecule has 0 bridgehead atoms. The van der Waals surface area contributed by atoms with Gasteiger partial charge in [0, 0.05) is 20.2 Å². The molecule has 0 atom stereocenters. The molecule has 6 nitrogen and oxygen atoms in total. The fourth-order valence-electron chi connectivity index (χ4n) is 2.65. The van der Waals surface area contributed by atoms with Gasteiger partial charge in [-0.3, -0.25) is 0 Å². The molecule has 1 aliphatic heterocycles. The van der Waals surface area contributed by atoms with Crippen molar-refractivity contribution in [3.05, 3.63) is 23.7 Å². The van der Waals surface area contributed by atoms with Crippen molar-refractivity contribution in [1.82, 2.24) is 14.6 Å². The summed E-state index contributed by atoms with van der Waals surface area (Å²) in [5, 5.41) is 4.57. The zero-order valence-electron chi connectivity index (χ0n) is 13.1. The van der Waals surface area contributed by atoms with E-state index < -0.39 is 5.60 Å². The van der Waals surface area contributed by atoms with Crippen LogP contribution < -0.4 is 4.90 Å². The summed E-state index contributed by atoms with van der Waals surface area (Å²) in [6, 6.07) is 4.14. The number of ether oxygens (including phenoxy) is 2. The number of morpholine rings is 1. The molecule has 0 saturated carbocycles. The number of methoxy groups -OCH3 is 1. The van der Waals surface area contributed by atoms with E-state index in [0.717, 1.165) is 49.2 Å². The van der Waals surface area contributed by atoms with Crippen LogP contribution in [0.5, 0.6) is 0 Å². The minimum absolute atomic E-state index is 0.393. The van der Waals surface area contributed by atoms with E-state index in [0.29, 0.717) is 0 Å². The van der Waals surface area contributed by atoms with E-state index in [9.17, 15) is 0 Å². The molecule has 0 unspecified atom stereocenters. The topological polar surface area (TPSA) is 51.9 Å². The van der Waals surface area contributed by atoms with Gasteiger partial charge in [-0.05, 0) is 32.9 Å². The molecule has 0 radical (unpaired) electrons. The van der Waals surface area contributed by atoms with Crippen LogP contribution in [-0.2, 0) is 15.1 Å². The summed E-state index contributed by atoms with van der Waals surface area (Å²) < 4.78 is 13.0. The number of anilines is 1. The van der Waals surface area contributed by atoms with Crippen LogP contribution in [0.1, 0.15) is 25.4 Å². The summed E-state index contributed by atoms with van der Waals surface area (Å²) in [5.41, 5.74) is 1.65. The van der Waals surface area contributed by atoms with E-state index in [-0.39, 0.29) is 0 Å². The molecule has 2 aromatic heterocycles. The van der Waals surface area contributed by atoms with Crippen LogP contribution in [-0.4, -0.2) is 48.0 Å². The van der Waals surface area contributed by atoms with E-state index in [1.165, 1.54) is 0 Å². The lowest BCUT2D eigenvalue weighted by molar-refractivity contribution is 0.0140. The first-order valence-corrected chi connectivity index (χ1v) is 7.27. The Labute approximate surface area is 124 Å². The quantitative estimate of drug-likeness (QED) is 0.862. The van der Waals surface area contributed by atoms with Gasteiger partial charge in [-0.1, -0.05) is 0 Å². The van der Waals surface area contributed by atoms with E-state index in [2.05, 4.69) is 27.1 Å². The third-order valence-corrected chi connectivity index (χ3v) is 4.03. The number of hydrogen-bond acceptors (Lipinski definition) is 5. The molecule has 3 rings (SSSR count). The van der Waals surface area contributed by atoms with Crippen LogP contribution >= 0.6 is 0 Å². The molecule has 0 aliphatic carbocycles. The van der Waals surface area contributed by atoms with E-state index in [1.54, 1.807) is 7.11 Å². The van der Waals surface area contributed by atoms with Crippen LogP contribution in [0.3, 0.4) is 0 Å². The zero-order valence-corrected chi connectivity index (χ0v) is 13.1. The number of fused-ring (bicyclic) bond motifs is 1. The minimum atomic E-state index is -0.393. The Bertz CT molecular complexity index is 644. The van der Waals surface area contributed by atoms with E-state index in [1.807, 2.05) is 25.3 Å². The largest absolute Gasteiger partial charge is 0.378 e. The number of rotatable bonds is 3. The summed E-state index contributed by atoms with van der Waals surface area (Å²) in [6.45, 7) is 9.22. The zero-order chi connectivity index (χ0) is 15.0. The number of aromatic nitrogens is 3. The highest BCUT2D eigenvalue weighted by atomic mass is 16.5. The third kappa shape index (κ3) is 2.49. The first kappa shape index (κ1) is 14.3. The second kappa shape index (κ2) is 5.27. The lowest BCUT2D eigenvalue weighted by Crippen LogP contribution is -2.37. The summed E-state index contributed by atoms with van der Waals surface area (Å²) in [5.74, 6) is 1.73. The molecule has 0 spiro atoms. The van der Waals surface area contributed by atoms with Crippen LogP contribution in [0.25, 0.3) is 5.52 Å². The van der Waals surface area contributed by atoms with Crippen molar-refractivity contribution in [3.8, 4) is 0 Å². The number of aryl methyl sites for hydroxylation is 1. The molecule has 2 aromatic rings. The smallest absolute Gasteiger partial charge is 0.157 e. The normalized spacial score (nSPS) is 16.7. The van der Waals surface area contributed by atoms with Crippen molar-refractivity contribution < 1.29 is 9.47 Å². The number of hydrogen-bond donors (Lipinski definition) is 0. The Hall–Kier alpha value is -1.66. The molecular formula is C15H22N4O2. The molecule has 1 aliphatic rings. The molecule has 0 aromatic carbocycles. The van der Waals surface area contributed by atoms with Gasteiger partial charge in [-0.2, -0.15) is 5.10 Å². The van der Waals surface area contributed by atoms with Gasteiger partial charge in [-0.25, -0.2) is 9.50 Å². The summed E-state index contributed by atoms with van der Waals surface area (Å²) in [6.07, 6.45) is 0. The third-order valence-electron chi connectivity index (χ3n) is 4.03. The Kier molecular flexibility index (Phi) is 3.59. The molecule has 1 fully saturated rings. The Balaban J connectivity index is 2.14. The standard InChI is InChI=1S/C15H22N4O2/c1-11-16-14(18-7-9-21-10-8-18)12-5-6-13(19(12)17-11)15(2,3)20-4/h5-6H,7-10H2,1-4H3. The van der Waals surface area contributed by atoms with Crippen molar-refractivity contribution in [2.75, 3.05) is 38.3 Å². The van der Waals surface area contributed by atoms with Gasteiger partial charge < -0.3 is 14.4 Å². The summed E-state index contributed by atoms with van der Waals surface area (Å²) >= 11 is 0. The first-order chi connectivity index (χ1) is 10.0. The fourth-order valence-corrected chi connectivity index (χ4v) is 2.65. The molecule has 114 valence electrons. The van der Waals surface area contributed by atoms with Crippen molar-refractivity contribution in [1.29, 1.82) is 0 Å². The first-order valence-electron chi connectivity index (χ1n) is 7.27. The Morgan fingerprint density at radius 2 is 1.95 bits per heavy atom. The molecule has 0 amide bonds. The van der Waals surface area contributed by atoms with Crippen molar-refractivity contribution >= 4 is 11.3 Å². The van der Waals surface area contributed by atoms with Crippen molar-refractivity contribution in [2.24, 2.45) is 0 Å². The average molecular weight is 290 g/mol. The molecule has 1 saturated heterocycles. The van der Waals surface area contributed by atoms with E-state index >= 15 is 0 Å². The molecule has 6 heteroatoms. The molecule has 3 heterocycles. The van der Waals surface area contributed by atoms with Gasteiger partial charge >= 0.3 is 0 Å². The van der Waals surface area contributed by atoms with Crippen molar-refractivity contribution in [3.63, 3.8) is 0 Å². The maximum Gasteiger partial charge on any atom is 0.157 e. The lowest BCUT2D eigenvalue weighted by atomic mass is 10.1. The van der Waals surface area contributed by atoms with Crippen LogP contribution in [0.15, 0.2) is 12.1 Å². The maximum absolute atomic E-state index is 5.60. The SMILES string of the molecule is COC(C)(C)c1ccc2c(N3CCOCC3)nc(C)nn12. The highest BCUT2D eigenvalue weighted by Gasteiger charge is 2.26. The highest BCUT2D eigenvalue weighted by Crippen LogP contribution is 2.29. The van der Waals surface area contributed by atoms with Gasteiger partial charge in [-0.15, -0.1) is 0 Å². The summed E-state index contributed by atoms with van der Waals surface area (Å²) in [7, 11) is 1.72. The van der Waals surface area contributed by atoms with Crippen LogP contribution in [0.2, 0.25) is 0 Å². The second-order valence-corrected chi connectivity index (χ2v) is 5.81. The second-order valence-electron chi connectivity index (χ2n) is 5.81. The van der Waals surface area contributed by atoms with E-state index in [4.69, 9.17) is 9.47 Å². The monoisotopic (exact) mass is 290 g/mol. The van der Waals surface area contributed by atoms with Crippen LogP contribution in [0.4, 0.5) is 5.82 Å². The maximum atomic E-state index is 5.60. The highest BCUT2D eigenvalue weighted by molar-refractivity contribution is 5.70. The summed E-state index contributed by atoms with van der Waals surface area (Å²) in [4.78, 5) is 6.90. The predicted octanol–water partition coefficient (Wildman–Crippen LogP) is 1.76. The van der Waals surface area contributed by atoms with Gasteiger partial charge in [0.05, 0.1) is 18.9 Å². The number of nitrogens with zero attached hydrogens (tertiary/aromatic N) is 4. The molecular weight excluding hydrogens is 268 g/mol. The van der Waals surface area contributed by atoms with Gasteiger partial charge in [0.25, 0.3) is 0 Å². The average Bonchev–Trinajstić information content (AvgIpc) is 2.91.